The molecule has 0 fully saturated rings. The van der Waals surface area contributed by atoms with Crippen LogP contribution in [-0.2, 0) is 9.53 Å². The number of hydrogen-bond donors (Lipinski definition) is 1. The number of anilines is 1. The zero-order chi connectivity index (χ0) is 14.2. The molecule has 2 rings (SSSR count). The highest BCUT2D eigenvalue weighted by molar-refractivity contribution is 5.72. The molecule has 0 radical (unpaired) electrons. The molecule has 5 heteroatoms. The molecular weight excluding hydrogens is 254 g/mol. The van der Waals surface area contributed by atoms with E-state index >= 15 is 0 Å². The van der Waals surface area contributed by atoms with E-state index in [4.69, 9.17) is 10.00 Å². The molecule has 0 saturated carbocycles. The van der Waals surface area contributed by atoms with Gasteiger partial charge in [0.25, 0.3) is 0 Å². The maximum Gasteiger partial charge on any atom is 0.309 e. The van der Waals surface area contributed by atoms with Gasteiger partial charge in [-0.2, -0.15) is 5.26 Å². The average molecular weight is 271 g/mol. The number of aromatic nitrogens is 1. The third kappa shape index (κ3) is 3.82. The highest BCUT2D eigenvalue weighted by Crippen LogP contribution is 2.19. The fourth-order valence-corrected chi connectivity index (χ4v) is 2.08. The van der Waals surface area contributed by atoms with Crippen LogP contribution in [0.4, 0.5) is 5.82 Å². The molecule has 0 aliphatic heterocycles. The lowest BCUT2D eigenvalue weighted by Crippen LogP contribution is -2.22. The molecule has 1 atom stereocenters. The van der Waals surface area contributed by atoms with Crippen LogP contribution in [-0.4, -0.2) is 24.1 Å². The minimum atomic E-state index is -0.141. The van der Waals surface area contributed by atoms with Crippen LogP contribution in [0.3, 0.4) is 0 Å². The van der Waals surface area contributed by atoms with E-state index in [1.807, 2.05) is 6.08 Å². The Morgan fingerprint density at radius 3 is 3.20 bits per heavy atom. The standard InChI is InChI=1S/C15H17N3O2/c16-11-13-7-4-8-17-14(13)18-9-10-20-15(19)12-5-2-1-3-6-12/h1-2,4,7-8,12H,3,5-6,9-10H2,(H,17,18). The van der Waals surface area contributed by atoms with Crippen LogP contribution in [0.2, 0.25) is 0 Å². The first kappa shape index (κ1) is 14.1. The van der Waals surface area contributed by atoms with Gasteiger partial charge in [-0.1, -0.05) is 12.2 Å². The zero-order valence-electron chi connectivity index (χ0n) is 11.2. The summed E-state index contributed by atoms with van der Waals surface area (Å²) in [5.74, 6) is 0.369. The van der Waals surface area contributed by atoms with Crippen LogP contribution in [0.5, 0.6) is 0 Å². The molecule has 1 aliphatic carbocycles. The van der Waals surface area contributed by atoms with Crippen LogP contribution < -0.4 is 5.32 Å². The smallest absolute Gasteiger partial charge is 0.309 e. The van der Waals surface area contributed by atoms with Crippen molar-refractivity contribution in [3.63, 3.8) is 0 Å². The molecule has 1 N–H and O–H groups in total. The number of pyridine rings is 1. The molecule has 1 aromatic rings. The zero-order valence-corrected chi connectivity index (χ0v) is 11.2. The van der Waals surface area contributed by atoms with Gasteiger partial charge in [0, 0.05) is 6.20 Å². The molecule has 20 heavy (non-hydrogen) atoms. The Labute approximate surface area is 118 Å². The summed E-state index contributed by atoms with van der Waals surface area (Å²) in [6.07, 6.45) is 8.31. The van der Waals surface area contributed by atoms with Crippen molar-refractivity contribution in [2.24, 2.45) is 5.92 Å². The Bertz CT molecular complexity index is 534. The predicted molar refractivity (Wildman–Crippen MR) is 74.9 cm³/mol. The third-order valence-electron chi connectivity index (χ3n) is 3.17. The highest BCUT2D eigenvalue weighted by Gasteiger charge is 2.19. The number of hydrogen-bond acceptors (Lipinski definition) is 5. The molecule has 1 heterocycles. The average Bonchev–Trinajstić information content (AvgIpc) is 2.52. The maximum absolute atomic E-state index is 11.8. The van der Waals surface area contributed by atoms with Gasteiger partial charge in [0.05, 0.1) is 18.0 Å². The number of rotatable bonds is 5. The molecular formula is C15H17N3O2. The van der Waals surface area contributed by atoms with Gasteiger partial charge in [-0.05, 0) is 31.4 Å². The molecule has 0 aromatic carbocycles. The van der Waals surface area contributed by atoms with Crippen molar-refractivity contribution in [2.75, 3.05) is 18.5 Å². The summed E-state index contributed by atoms with van der Waals surface area (Å²) in [6.45, 7) is 0.723. The number of esters is 1. The van der Waals surface area contributed by atoms with E-state index in [0.29, 0.717) is 17.9 Å². The van der Waals surface area contributed by atoms with Crippen molar-refractivity contribution in [2.45, 2.75) is 19.3 Å². The van der Waals surface area contributed by atoms with Gasteiger partial charge in [0.1, 0.15) is 18.5 Å². The third-order valence-corrected chi connectivity index (χ3v) is 3.17. The van der Waals surface area contributed by atoms with Gasteiger partial charge in [-0.25, -0.2) is 4.98 Å². The number of carbonyl (C=O) groups is 1. The van der Waals surface area contributed by atoms with E-state index in [9.17, 15) is 4.79 Å². The van der Waals surface area contributed by atoms with Crippen LogP contribution in [0.25, 0.3) is 0 Å². The number of nitrogens with one attached hydrogen (secondary N) is 1. The lowest BCUT2D eigenvalue weighted by atomic mass is 9.95. The Morgan fingerprint density at radius 1 is 1.55 bits per heavy atom. The van der Waals surface area contributed by atoms with Gasteiger partial charge in [-0.15, -0.1) is 0 Å². The van der Waals surface area contributed by atoms with E-state index in [0.717, 1.165) is 19.3 Å². The Balaban J connectivity index is 1.72. The molecule has 0 saturated heterocycles. The summed E-state index contributed by atoms with van der Waals surface area (Å²) in [5.41, 5.74) is 0.483. The Kier molecular flexibility index (Phi) is 5.13. The van der Waals surface area contributed by atoms with Crippen LogP contribution in [0.1, 0.15) is 24.8 Å². The number of ether oxygens (including phenoxy) is 1. The van der Waals surface area contributed by atoms with Gasteiger partial charge in [-0.3, -0.25) is 4.79 Å². The molecule has 0 bridgehead atoms. The van der Waals surface area contributed by atoms with Crippen molar-refractivity contribution in [1.82, 2.24) is 4.98 Å². The summed E-state index contributed by atoms with van der Waals surface area (Å²) in [5, 5.41) is 11.9. The van der Waals surface area contributed by atoms with Gasteiger partial charge in [0.15, 0.2) is 0 Å². The normalized spacial score (nSPS) is 17.2. The van der Waals surface area contributed by atoms with Crippen molar-refractivity contribution >= 4 is 11.8 Å². The van der Waals surface area contributed by atoms with Crippen LogP contribution in [0, 0.1) is 17.2 Å². The number of carbonyl (C=O) groups excluding carboxylic acids is 1. The topological polar surface area (TPSA) is 75.0 Å². The minimum Gasteiger partial charge on any atom is -0.464 e. The summed E-state index contributed by atoms with van der Waals surface area (Å²) in [7, 11) is 0. The Hall–Kier alpha value is -2.35. The van der Waals surface area contributed by atoms with Crippen molar-refractivity contribution in [3.05, 3.63) is 36.0 Å². The summed E-state index contributed by atoms with van der Waals surface area (Å²) in [6, 6.07) is 5.46. The van der Waals surface area contributed by atoms with E-state index < -0.39 is 0 Å². The summed E-state index contributed by atoms with van der Waals surface area (Å²) < 4.78 is 5.23. The first-order chi connectivity index (χ1) is 9.81. The highest BCUT2D eigenvalue weighted by atomic mass is 16.5. The molecule has 0 spiro atoms. The lowest BCUT2D eigenvalue weighted by Gasteiger charge is -2.16. The molecule has 1 aliphatic rings. The molecule has 0 amide bonds. The van der Waals surface area contributed by atoms with E-state index in [1.54, 1.807) is 18.3 Å². The van der Waals surface area contributed by atoms with Crippen LogP contribution >= 0.6 is 0 Å². The number of allylic oxidation sites excluding steroid dienone is 2. The fraction of sp³-hybridized carbons (Fsp3) is 0.400. The van der Waals surface area contributed by atoms with E-state index in [2.05, 4.69) is 22.4 Å². The number of nitrogens with zero attached hydrogens (tertiary/aromatic N) is 2. The summed E-state index contributed by atoms with van der Waals surface area (Å²) >= 11 is 0. The quantitative estimate of drug-likeness (QED) is 0.505. The molecule has 1 aromatic heterocycles. The van der Waals surface area contributed by atoms with Crippen LogP contribution in [0.15, 0.2) is 30.5 Å². The largest absolute Gasteiger partial charge is 0.464 e. The first-order valence-corrected chi connectivity index (χ1v) is 6.72. The SMILES string of the molecule is N#Cc1cccnc1NCCOC(=O)C1CC=CCC1. The number of nitriles is 1. The Morgan fingerprint density at radius 2 is 2.45 bits per heavy atom. The van der Waals surface area contributed by atoms with Gasteiger partial charge < -0.3 is 10.1 Å². The second kappa shape index (κ2) is 7.29. The monoisotopic (exact) mass is 271 g/mol. The minimum absolute atomic E-state index is 0.00970. The summed E-state index contributed by atoms with van der Waals surface area (Å²) in [4.78, 5) is 15.9. The first-order valence-electron chi connectivity index (χ1n) is 6.72. The predicted octanol–water partition coefficient (Wildman–Crippen LogP) is 2.26. The van der Waals surface area contributed by atoms with Gasteiger partial charge in [0.2, 0.25) is 0 Å². The van der Waals surface area contributed by atoms with E-state index in [1.165, 1.54) is 0 Å². The van der Waals surface area contributed by atoms with Crippen molar-refractivity contribution in [3.8, 4) is 6.07 Å². The maximum atomic E-state index is 11.8. The van der Waals surface area contributed by atoms with Crippen molar-refractivity contribution in [1.29, 1.82) is 5.26 Å². The van der Waals surface area contributed by atoms with E-state index in [-0.39, 0.29) is 18.5 Å². The second-order valence-electron chi connectivity index (χ2n) is 4.59. The molecule has 104 valence electrons. The second-order valence-corrected chi connectivity index (χ2v) is 4.59. The fourth-order valence-electron chi connectivity index (χ4n) is 2.08. The van der Waals surface area contributed by atoms with Gasteiger partial charge >= 0.3 is 5.97 Å². The molecule has 5 nitrogen and oxygen atoms in total. The lowest BCUT2D eigenvalue weighted by molar-refractivity contribution is -0.148. The van der Waals surface area contributed by atoms with Crippen molar-refractivity contribution < 1.29 is 9.53 Å². The molecule has 1 unspecified atom stereocenters.